The number of aliphatic hydroxyl groups excluding tert-OH is 1. The van der Waals surface area contributed by atoms with Gasteiger partial charge >= 0.3 is 0 Å². The number of aliphatic hydroxyl groups is 1. The molecule has 0 saturated carbocycles. The van der Waals surface area contributed by atoms with E-state index in [1.54, 1.807) is 6.92 Å². The summed E-state index contributed by atoms with van der Waals surface area (Å²) in [5, 5.41) is 16.3. The predicted molar refractivity (Wildman–Crippen MR) is 68.6 cm³/mol. The van der Waals surface area contributed by atoms with E-state index >= 15 is 0 Å². The summed E-state index contributed by atoms with van der Waals surface area (Å²) in [6.07, 6.45) is -0.691. The lowest BCUT2D eigenvalue weighted by Crippen LogP contribution is -2.31. The zero-order valence-corrected chi connectivity index (χ0v) is 11.0. The van der Waals surface area contributed by atoms with Crippen LogP contribution in [0.1, 0.15) is 11.7 Å². The molecule has 0 bridgehead atoms. The summed E-state index contributed by atoms with van der Waals surface area (Å²) < 4.78 is 22.9. The highest BCUT2D eigenvalue weighted by molar-refractivity contribution is 5.22. The molecule has 108 valence electrons. The molecule has 0 spiro atoms. The Hall–Kier alpha value is -1.99. The van der Waals surface area contributed by atoms with Gasteiger partial charge in [-0.15, -0.1) is 0 Å². The van der Waals surface area contributed by atoms with Gasteiger partial charge < -0.3 is 19.7 Å². The first-order chi connectivity index (χ1) is 9.63. The third kappa shape index (κ3) is 4.60. The van der Waals surface area contributed by atoms with Gasteiger partial charge in [0.15, 0.2) is 5.82 Å². The van der Waals surface area contributed by atoms with Crippen LogP contribution in [-0.4, -0.2) is 34.5 Å². The molecule has 2 aromatic rings. The lowest BCUT2D eigenvalue weighted by Gasteiger charge is -2.12. The fourth-order valence-electron chi connectivity index (χ4n) is 1.54. The van der Waals surface area contributed by atoms with Gasteiger partial charge in [0.2, 0.25) is 5.89 Å². The van der Waals surface area contributed by atoms with Crippen LogP contribution in [-0.2, 0) is 6.54 Å². The van der Waals surface area contributed by atoms with Crippen molar-refractivity contribution < 1.29 is 18.8 Å². The Morgan fingerprint density at radius 1 is 1.40 bits per heavy atom. The van der Waals surface area contributed by atoms with Gasteiger partial charge in [0.05, 0.1) is 6.54 Å². The van der Waals surface area contributed by atoms with Crippen LogP contribution in [0, 0.1) is 12.7 Å². The Kier molecular flexibility index (Phi) is 5.03. The Morgan fingerprint density at radius 2 is 2.15 bits per heavy atom. The van der Waals surface area contributed by atoms with Gasteiger partial charge in [-0.1, -0.05) is 5.16 Å². The first-order valence-corrected chi connectivity index (χ1v) is 6.20. The molecule has 7 heteroatoms. The highest BCUT2D eigenvalue weighted by Crippen LogP contribution is 2.11. The van der Waals surface area contributed by atoms with Gasteiger partial charge in [-0.2, -0.15) is 4.98 Å². The van der Waals surface area contributed by atoms with Crippen molar-refractivity contribution in [3.05, 3.63) is 41.8 Å². The van der Waals surface area contributed by atoms with E-state index in [2.05, 4.69) is 15.5 Å². The van der Waals surface area contributed by atoms with E-state index in [9.17, 15) is 9.50 Å². The second-order valence-electron chi connectivity index (χ2n) is 4.28. The molecule has 6 nitrogen and oxygen atoms in total. The Labute approximate surface area is 115 Å². The lowest BCUT2D eigenvalue weighted by atomic mass is 10.3. The minimum atomic E-state index is -0.691. The summed E-state index contributed by atoms with van der Waals surface area (Å²) in [5.41, 5.74) is 0. The molecule has 2 rings (SSSR count). The molecule has 2 N–H and O–H groups in total. The topological polar surface area (TPSA) is 80.4 Å². The van der Waals surface area contributed by atoms with Crippen LogP contribution < -0.4 is 10.1 Å². The minimum Gasteiger partial charge on any atom is -0.491 e. The number of aromatic nitrogens is 2. The van der Waals surface area contributed by atoms with E-state index < -0.39 is 6.10 Å². The number of nitrogens with one attached hydrogen (secondary N) is 1. The van der Waals surface area contributed by atoms with Crippen LogP contribution in [0.5, 0.6) is 5.75 Å². The lowest BCUT2D eigenvalue weighted by molar-refractivity contribution is 0.105. The van der Waals surface area contributed by atoms with Crippen molar-refractivity contribution in [1.29, 1.82) is 0 Å². The van der Waals surface area contributed by atoms with Crippen molar-refractivity contribution in [1.82, 2.24) is 15.5 Å². The summed E-state index contributed by atoms with van der Waals surface area (Å²) in [6.45, 7) is 2.55. The first-order valence-electron chi connectivity index (χ1n) is 6.20. The Morgan fingerprint density at radius 3 is 2.80 bits per heavy atom. The average molecular weight is 281 g/mol. The molecule has 0 fully saturated rings. The van der Waals surface area contributed by atoms with E-state index in [1.807, 2.05) is 0 Å². The van der Waals surface area contributed by atoms with Gasteiger partial charge in [-0.3, -0.25) is 0 Å². The van der Waals surface area contributed by atoms with Crippen LogP contribution in [0.15, 0.2) is 28.8 Å². The van der Waals surface area contributed by atoms with E-state index in [1.165, 1.54) is 24.3 Å². The minimum absolute atomic E-state index is 0.113. The number of rotatable bonds is 7. The van der Waals surface area contributed by atoms with Crippen LogP contribution in [0.2, 0.25) is 0 Å². The molecule has 0 aliphatic carbocycles. The molecule has 0 amide bonds. The molecule has 1 heterocycles. The number of hydrogen-bond donors (Lipinski definition) is 2. The van der Waals surface area contributed by atoms with Gasteiger partial charge in [-0.25, -0.2) is 4.39 Å². The number of benzene rings is 1. The van der Waals surface area contributed by atoms with Gasteiger partial charge in [0.25, 0.3) is 0 Å². The molecule has 0 radical (unpaired) electrons. The first kappa shape index (κ1) is 14.4. The number of aryl methyl sites for hydroxylation is 1. The van der Waals surface area contributed by atoms with E-state index in [0.29, 0.717) is 30.6 Å². The molecule has 0 aliphatic rings. The fourth-order valence-corrected chi connectivity index (χ4v) is 1.54. The molecule has 1 atom stereocenters. The largest absolute Gasteiger partial charge is 0.491 e. The molecule has 0 aliphatic heterocycles. The third-order valence-electron chi connectivity index (χ3n) is 2.48. The smallest absolute Gasteiger partial charge is 0.240 e. The summed E-state index contributed by atoms with van der Waals surface area (Å²) in [6, 6.07) is 5.63. The van der Waals surface area contributed by atoms with Crippen LogP contribution in [0.3, 0.4) is 0 Å². The molecule has 0 saturated heterocycles. The number of ether oxygens (including phenoxy) is 1. The molecule has 20 heavy (non-hydrogen) atoms. The average Bonchev–Trinajstić information content (AvgIpc) is 2.84. The second kappa shape index (κ2) is 6.97. The van der Waals surface area contributed by atoms with Crippen molar-refractivity contribution >= 4 is 0 Å². The van der Waals surface area contributed by atoms with Crippen LogP contribution in [0.25, 0.3) is 0 Å². The van der Waals surface area contributed by atoms with Crippen LogP contribution >= 0.6 is 0 Å². The highest BCUT2D eigenvalue weighted by Gasteiger charge is 2.07. The maximum Gasteiger partial charge on any atom is 0.240 e. The standard InChI is InChI=1S/C13H16FN3O3/c1-9-16-13(20-17-9)7-15-6-11(18)8-19-12-4-2-10(14)3-5-12/h2-5,11,15,18H,6-8H2,1H3. The zero-order valence-electron chi connectivity index (χ0n) is 11.0. The monoisotopic (exact) mass is 281 g/mol. The summed E-state index contributed by atoms with van der Waals surface area (Å²) in [7, 11) is 0. The van der Waals surface area contributed by atoms with Crippen molar-refractivity contribution in [2.75, 3.05) is 13.2 Å². The quantitative estimate of drug-likeness (QED) is 0.789. The zero-order chi connectivity index (χ0) is 14.4. The van der Waals surface area contributed by atoms with Crippen molar-refractivity contribution in [2.24, 2.45) is 0 Å². The maximum absolute atomic E-state index is 12.7. The number of halogens is 1. The number of hydrogen-bond acceptors (Lipinski definition) is 6. The third-order valence-corrected chi connectivity index (χ3v) is 2.48. The Balaban J connectivity index is 1.65. The summed E-state index contributed by atoms with van der Waals surface area (Å²) in [5.74, 6) is 1.23. The highest BCUT2D eigenvalue weighted by atomic mass is 19.1. The van der Waals surface area contributed by atoms with Gasteiger partial charge in [-0.05, 0) is 31.2 Å². The summed E-state index contributed by atoms with van der Waals surface area (Å²) in [4.78, 5) is 4.02. The maximum atomic E-state index is 12.7. The normalized spacial score (nSPS) is 12.3. The molecular weight excluding hydrogens is 265 g/mol. The predicted octanol–water partition coefficient (Wildman–Crippen LogP) is 1.05. The van der Waals surface area contributed by atoms with Gasteiger partial charge in [0.1, 0.15) is 24.3 Å². The van der Waals surface area contributed by atoms with E-state index in [-0.39, 0.29) is 12.4 Å². The summed E-state index contributed by atoms with van der Waals surface area (Å²) >= 11 is 0. The van der Waals surface area contributed by atoms with E-state index in [4.69, 9.17) is 9.26 Å². The molecule has 1 aromatic heterocycles. The van der Waals surface area contributed by atoms with Crippen molar-refractivity contribution in [2.45, 2.75) is 19.6 Å². The SMILES string of the molecule is Cc1noc(CNCC(O)COc2ccc(F)cc2)n1. The van der Waals surface area contributed by atoms with Gasteiger partial charge in [0, 0.05) is 6.54 Å². The van der Waals surface area contributed by atoms with E-state index in [0.717, 1.165) is 0 Å². The van der Waals surface area contributed by atoms with Crippen LogP contribution in [0.4, 0.5) is 4.39 Å². The van der Waals surface area contributed by atoms with Crippen molar-refractivity contribution in [3.8, 4) is 5.75 Å². The molecule has 1 aromatic carbocycles. The number of nitrogens with zero attached hydrogens (tertiary/aromatic N) is 2. The van der Waals surface area contributed by atoms with Crippen molar-refractivity contribution in [3.63, 3.8) is 0 Å². The second-order valence-corrected chi connectivity index (χ2v) is 4.28. The fraction of sp³-hybridized carbons (Fsp3) is 0.385. The molecular formula is C13H16FN3O3. The molecule has 1 unspecified atom stereocenters. The Bertz CT molecular complexity index is 530.